The van der Waals surface area contributed by atoms with Crippen molar-refractivity contribution >= 4 is 17.7 Å². The van der Waals surface area contributed by atoms with Crippen LogP contribution in [0.1, 0.15) is 64.4 Å². The summed E-state index contributed by atoms with van der Waals surface area (Å²) >= 11 is 0. The summed E-state index contributed by atoms with van der Waals surface area (Å²) in [4.78, 5) is 36.1. The van der Waals surface area contributed by atoms with E-state index >= 15 is 0 Å². The summed E-state index contributed by atoms with van der Waals surface area (Å²) in [5, 5.41) is 23.6. The van der Waals surface area contributed by atoms with Crippen LogP contribution < -0.4 is 21.8 Å². The first-order valence-corrected chi connectivity index (χ1v) is 11.5. The highest BCUT2D eigenvalue weighted by molar-refractivity contribution is 5.97. The lowest BCUT2D eigenvalue weighted by atomic mass is 10.1. The number of hydroxylamine groups is 1. The molecule has 7 N–H and O–H groups in total. The largest absolute Gasteiger partial charge is 0.391 e. The number of unbranched alkanes of at least 4 members (excludes halogenated alkanes) is 3. The van der Waals surface area contributed by atoms with Crippen molar-refractivity contribution in [2.45, 2.75) is 44.8 Å². The second kappa shape index (κ2) is 14.5. The Bertz CT molecular complexity index is 1040. The first kappa shape index (κ1) is 27.5. The number of amides is 3. The van der Waals surface area contributed by atoms with Gasteiger partial charge < -0.3 is 21.5 Å². The van der Waals surface area contributed by atoms with Gasteiger partial charge in [0.25, 0.3) is 17.7 Å². The van der Waals surface area contributed by atoms with Gasteiger partial charge in [-0.05, 0) is 74.8 Å². The summed E-state index contributed by atoms with van der Waals surface area (Å²) in [7, 11) is 0. The molecule has 0 saturated heterocycles. The third-order valence-corrected chi connectivity index (χ3v) is 5.22. The van der Waals surface area contributed by atoms with E-state index in [1.807, 2.05) is 0 Å². The minimum atomic E-state index is -1.29. The van der Waals surface area contributed by atoms with Crippen LogP contribution in [0.2, 0.25) is 0 Å². The Kier molecular flexibility index (Phi) is 11.4. The van der Waals surface area contributed by atoms with Crippen molar-refractivity contribution in [2.24, 2.45) is 5.73 Å². The van der Waals surface area contributed by atoms with E-state index in [-0.39, 0.29) is 11.5 Å². The molecule has 0 spiro atoms. The number of aliphatic hydroxyl groups is 1. The molecule has 2 atom stereocenters. The topological polar surface area (TPSA) is 154 Å². The standard InChI is InChI=1S/C26H32N4O5/c1-18(31)23(26(34)30-35)29-25(33)22-14-10-20(11-15-22)7-6-19-8-12-21(13-9-19)24(32)28-17-5-3-2-4-16-27/h8-15,18,23,31,35H,2-5,16-17,27H2,1H3,(H,28,32)(H,29,33)(H,30,34). The normalized spacial score (nSPS) is 12.0. The highest BCUT2D eigenvalue weighted by atomic mass is 16.5. The van der Waals surface area contributed by atoms with Crippen molar-refractivity contribution in [1.29, 1.82) is 0 Å². The second-order valence-corrected chi connectivity index (χ2v) is 8.03. The molecule has 9 heteroatoms. The van der Waals surface area contributed by atoms with Crippen molar-refractivity contribution in [3.05, 3.63) is 70.8 Å². The van der Waals surface area contributed by atoms with E-state index in [1.54, 1.807) is 48.5 Å². The highest BCUT2D eigenvalue weighted by Gasteiger charge is 2.25. The van der Waals surface area contributed by atoms with E-state index in [2.05, 4.69) is 22.5 Å². The van der Waals surface area contributed by atoms with Gasteiger partial charge in [0, 0.05) is 28.8 Å². The molecule has 9 nitrogen and oxygen atoms in total. The lowest BCUT2D eigenvalue weighted by molar-refractivity contribution is -0.133. The third kappa shape index (κ3) is 9.22. The molecule has 0 bridgehead atoms. The third-order valence-electron chi connectivity index (χ3n) is 5.22. The molecule has 0 saturated carbocycles. The van der Waals surface area contributed by atoms with Gasteiger partial charge in [0.15, 0.2) is 0 Å². The fourth-order valence-corrected chi connectivity index (χ4v) is 3.18. The Balaban J connectivity index is 1.91. The number of benzene rings is 2. The van der Waals surface area contributed by atoms with Gasteiger partial charge in [-0.2, -0.15) is 0 Å². The number of nitrogens with one attached hydrogen (secondary N) is 3. The Hall–Kier alpha value is -3.71. The van der Waals surface area contributed by atoms with Crippen LogP contribution in [0, 0.1) is 11.8 Å². The van der Waals surface area contributed by atoms with Crippen LogP contribution in [0.15, 0.2) is 48.5 Å². The van der Waals surface area contributed by atoms with Gasteiger partial charge in [-0.1, -0.05) is 24.7 Å². The van der Waals surface area contributed by atoms with E-state index in [0.29, 0.717) is 24.2 Å². The molecule has 2 unspecified atom stereocenters. The van der Waals surface area contributed by atoms with Gasteiger partial charge in [-0.3, -0.25) is 19.6 Å². The summed E-state index contributed by atoms with van der Waals surface area (Å²) < 4.78 is 0. The zero-order valence-electron chi connectivity index (χ0n) is 19.7. The van der Waals surface area contributed by atoms with Crippen LogP contribution in [0.25, 0.3) is 0 Å². The summed E-state index contributed by atoms with van der Waals surface area (Å²) in [6.45, 7) is 2.65. The SMILES string of the molecule is CC(O)C(NC(=O)c1ccc(C#Cc2ccc(C(=O)NCCCCCCN)cc2)cc1)C(=O)NO. The Morgan fingerprint density at radius 3 is 1.86 bits per heavy atom. The number of carbonyl (C=O) groups excluding carboxylic acids is 3. The number of aliphatic hydroxyl groups excluding tert-OH is 1. The number of nitrogens with two attached hydrogens (primary N) is 1. The summed E-state index contributed by atoms with van der Waals surface area (Å²) in [5.74, 6) is 4.39. The van der Waals surface area contributed by atoms with E-state index in [9.17, 15) is 19.5 Å². The van der Waals surface area contributed by atoms with Crippen LogP contribution in [0.5, 0.6) is 0 Å². The second-order valence-electron chi connectivity index (χ2n) is 8.03. The number of carbonyl (C=O) groups is 3. The van der Waals surface area contributed by atoms with Crippen LogP contribution in [-0.2, 0) is 4.79 Å². The monoisotopic (exact) mass is 480 g/mol. The molecule has 2 aromatic rings. The first-order valence-electron chi connectivity index (χ1n) is 11.5. The number of rotatable bonds is 11. The van der Waals surface area contributed by atoms with Gasteiger partial charge in [0.2, 0.25) is 0 Å². The van der Waals surface area contributed by atoms with E-state index in [4.69, 9.17) is 10.9 Å². The van der Waals surface area contributed by atoms with Gasteiger partial charge in [-0.15, -0.1) is 0 Å². The predicted octanol–water partition coefficient (Wildman–Crippen LogP) is 1.32. The molecule has 0 fully saturated rings. The molecular weight excluding hydrogens is 448 g/mol. The smallest absolute Gasteiger partial charge is 0.268 e. The fraction of sp³-hybridized carbons (Fsp3) is 0.346. The fourth-order valence-electron chi connectivity index (χ4n) is 3.18. The van der Waals surface area contributed by atoms with Crippen molar-refractivity contribution in [2.75, 3.05) is 13.1 Å². The average Bonchev–Trinajstić information content (AvgIpc) is 2.87. The van der Waals surface area contributed by atoms with Crippen LogP contribution >= 0.6 is 0 Å². The van der Waals surface area contributed by atoms with E-state index in [1.165, 1.54) is 12.4 Å². The predicted molar refractivity (Wildman–Crippen MR) is 132 cm³/mol. The molecule has 0 aliphatic carbocycles. The molecular formula is C26H32N4O5. The maximum Gasteiger partial charge on any atom is 0.268 e. The van der Waals surface area contributed by atoms with E-state index in [0.717, 1.165) is 31.2 Å². The molecule has 0 heterocycles. The molecule has 35 heavy (non-hydrogen) atoms. The van der Waals surface area contributed by atoms with Crippen molar-refractivity contribution < 1.29 is 24.7 Å². The summed E-state index contributed by atoms with van der Waals surface area (Å²) in [5.41, 5.74) is 9.12. The summed E-state index contributed by atoms with van der Waals surface area (Å²) in [6.07, 6.45) is 2.85. The Labute approximate surface area is 205 Å². The number of hydrogen-bond acceptors (Lipinski definition) is 6. The molecule has 2 rings (SSSR count). The first-order chi connectivity index (χ1) is 16.8. The lowest BCUT2D eigenvalue weighted by Gasteiger charge is -2.19. The Morgan fingerprint density at radius 1 is 0.857 bits per heavy atom. The molecule has 0 radical (unpaired) electrons. The van der Waals surface area contributed by atoms with Crippen molar-refractivity contribution in [1.82, 2.24) is 16.1 Å². The molecule has 3 amide bonds. The van der Waals surface area contributed by atoms with Crippen LogP contribution in [0.4, 0.5) is 0 Å². The van der Waals surface area contributed by atoms with Gasteiger partial charge in [0.05, 0.1) is 6.10 Å². The minimum Gasteiger partial charge on any atom is -0.391 e. The average molecular weight is 481 g/mol. The van der Waals surface area contributed by atoms with Gasteiger partial charge >= 0.3 is 0 Å². The highest BCUT2D eigenvalue weighted by Crippen LogP contribution is 2.07. The van der Waals surface area contributed by atoms with E-state index < -0.39 is 24.0 Å². The van der Waals surface area contributed by atoms with Crippen molar-refractivity contribution in [3.63, 3.8) is 0 Å². The van der Waals surface area contributed by atoms with Crippen molar-refractivity contribution in [3.8, 4) is 11.8 Å². The molecule has 2 aromatic carbocycles. The maximum atomic E-state index is 12.3. The van der Waals surface area contributed by atoms with Crippen LogP contribution in [-0.4, -0.2) is 53.3 Å². The Morgan fingerprint density at radius 2 is 1.37 bits per heavy atom. The number of hydrogen-bond donors (Lipinski definition) is 6. The summed E-state index contributed by atoms with van der Waals surface area (Å²) in [6, 6.07) is 12.1. The van der Waals surface area contributed by atoms with Gasteiger partial charge in [-0.25, -0.2) is 5.48 Å². The molecule has 0 aromatic heterocycles. The quantitative estimate of drug-likeness (QED) is 0.123. The zero-order valence-corrected chi connectivity index (χ0v) is 19.7. The molecule has 0 aliphatic heterocycles. The van der Waals surface area contributed by atoms with Crippen LogP contribution in [0.3, 0.4) is 0 Å². The minimum absolute atomic E-state index is 0.119. The molecule has 186 valence electrons. The maximum absolute atomic E-state index is 12.3. The lowest BCUT2D eigenvalue weighted by Crippen LogP contribution is -2.51. The van der Waals surface area contributed by atoms with Gasteiger partial charge in [0.1, 0.15) is 6.04 Å². The zero-order chi connectivity index (χ0) is 25.6. The molecule has 0 aliphatic rings.